The summed E-state index contributed by atoms with van der Waals surface area (Å²) in [6.45, 7) is 5.67. The summed E-state index contributed by atoms with van der Waals surface area (Å²) in [4.78, 5) is 8.68. The van der Waals surface area contributed by atoms with Crippen LogP contribution in [-0.2, 0) is 24.3 Å². The van der Waals surface area contributed by atoms with E-state index < -0.39 is 0 Å². The Bertz CT molecular complexity index is 533. The first-order valence-electron chi connectivity index (χ1n) is 6.84. The molecule has 0 saturated carbocycles. The standard InChI is InChI=1S/C13H21BrN6O.HI/c1-9(14)6-16-13(15-2)17-10-4-5-12-18-11(8-21-3)19-20(12)7-10;/h10H,1,4-8H2,2-3H3,(H2,15,16,17);1H. The zero-order valence-corrected chi connectivity index (χ0v) is 16.7. The Morgan fingerprint density at radius 3 is 3.00 bits per heavy atom. The molecule has 0 spiro atoms. The van der Waals surface area contributed by atoms with Crippen LogP contribution in [0.15, 0.2) is 16.1 Å². The zero-order valence-electron chi connectivity index (χ0n) is 12.8. The van der Waals surface area contributed by atoms with E-state index in [1.54, 1.807) is 14.2 Å². The number of fused-ring (bicyclic) bond motifs is 1. The van der Waals surface area contributed by atoms with Crippen molar-refractivity contribution in [1.82, 2.24) is 25.4 Å². The molecule has 2 rings (SSSR count). The summed E-state index contributed by atoms with van der Waals surface area (Å²) in [6.07, 6.45) is 1.90. The summed E-state index contributed by atoms with van der Waals surface area (Å²) >= 11 is 3.32. The molecular formula is C13H22BrIN6O. The van der Waals surface area contributed by atoms with Crippen LogP contribution in [0, 0.1) is 0 Å². The number of nitrogens with zero attached hydrogens (tertiary/aromatic N) is 4. The van der Waals surface area contributed by atoms with Crippen LogP contribution >= 0.6 is 39.9 Å². The predicted octanol–water partition coefficient (Wildman–Crippen LogP) is 1.43. The van der Waals surface area contributed by atoms with Crippen molar-refractivity contribution in [1.29, 1.82) is 0 Å². The highest BCUT2D eigenvalue weighted by Gasteiger charge is 2.22. The number of hydrogen-bond acceptors (Lipinski definition) is 4. The van der Waals surface area contributed by atoms with Gasteiger partial charge in [0.1, 0.15) is 12.4 Å². The molecule has 0 fully saturated rings. The molecule has 0 radical (unpaired) electrons. The Labute approximate surface area is 156 Å². The summed E-state index contributed by atoms with van der Waals surface area (Å²) in [5.74, 6) is 2.53. The number of aliphatic imine (C=N–C) groups is 1. The molecule has 0 amide bonds. The van der Waals surface area contributed by atoms with Crippen LogP contribution in [0.1, 0.15) is 18.1 Å². The number of aromatic nitrogens is 3. The third-order valence-electron chi connectivity index (χ3n) is 3.19. The van der Waals surface area contributed by atoms with Crippen molar-refractivity contribution < 1.29 is 4.74 Å². The van der Waals surface area contributed by atoms with E-state index in [1.165, 1.54) is 0 Å². The van der Waals surface area contributed by atoms with Gasteiger partial charge in [-0.1, -0.05) is 22.5 Å². The molecule has 0 saturated heterocycles. The highest BCUT2D eigenvalue weighted by molar-refractivity contribution is 14.0. The summed E-state index contributed by atoms with van der Waals surface area (Å²) in [5, 5.41) is 11.0. The van der Waals surface area contributed by atoms with E-state index in [0.717, 1.165) is 41.5 Å². The fourth-order valence-corrected chi connectivity index (χ4v) is 2.38. The maximum Gasteiger partial charge on any atom is 0.191 e. The molecule has 1 aromatic rings. The number of guanidine groups is 1. The molecular weight excluding hydrogens is 463 g/mol. The molecule has 1 aliphatic rings. The number of rotatable bonds is 5. The van der Waals surface area contributed by atoms with Gasteiger partial charge in [-0.3, -0.25) is 4.99 Å². The number of methoxy groups -OCH3 is 1. The number of halogens is 2. The average Bonchev–Trinajstić information content (AvgIpc) is 2.85. The second-order valence-corrected chi connectivity index (χ2v) is 6.00. The molecule has 1 aromatic heterocycles. The summed E-state index contributed by atoms with van der Waals surface area (Å²) < 4.78 is 7.91. The van der Waals surface area contributed by atoms with Gasteiger partial charge in [-0.2, -0.15) is 5.10 Å². The van der Waals surface area contributed by atoms with Gasteiger partial charge in [0.05, 0.1) is 6.54 Å². The topological polar surface area (TPSA) is 76.4 Å². The van der Waals surface area contributed by atoms with E-state index in [1.807, 2.05) is 4.68 Å². The third-order valence-corrected chi connectivity index (χ3v) is 3.47. The van der Waals surface area contributed by atoms with Crippen LogP contribution in [0.4, 0.5) is 0 Å². The Morgan fingerprint density at radius 1 is 1.59 bits per heavy atom. The van der Waals surface area contributed by atoms with E-state index >= 15 is 0 Å². The predicted molar refractivity (Wildman–Crippen MR) is 101 cm³/mol. The third kappa shape index (κ3) is 5.51. The molecule has 0 aliphatic carbocycles. The molecule has 0 aromatic carbocycles. The summed E-state index contributed by atoms with van der Waals surface area (Å²) in [7, 11) is 3.41. The molecule has 2 N–H and O–H groups in total. The lowest BCUT2D eigenvalue weighted by Crippen LogP contribution is -2.47. The first-order chi connectivity index (χ1) is 10.1. The normalized spacial score (nSPS) is 17.4. The first-order valence-corrected chi connectivity index (χ1v) is 7.63. The van der Waals surface area contributed by atoms with Crippen molar-refractivity contribution in [3.8, 4) is 0 Å². The lowest BCUT2D eigenvalue weighted by molar-refractivity contribution is 0.177. The average molecular weight is 485 g/mol. The molecule has 7 nitrogen and oxygen atoms in total. The SMILES string of the molecule is C=C(Br)CNC(=NC)NC1CCc2nc(COC)nn2C1.I. The maximum atomic E-state index is 5.07. The summed E-state index contributed by atoms with van der Waals surface area (Å²) in [5.41, 5.74) is 0. The monoisotopic (exact) mass is 484 g/mol. The van der Waals surface area contributed by atoms with Gasteiger partial charge >= 0.3 is 0 Å². The minimum atomic E-state index is 0. The van der Waals surface area contributed by atoms with Gasteiger partial charge in [-0.05, 0) is 6.42 Å². The van der Waals surface area contributed by atoms with Crippen LogP contribution in [0.25, 0.3) is 0 Å². The van der Waals surface area contributed by atoms with Crippen molar-refractivity contribution in [2.75, 3.05) is 20.7 Å². The van der Waals surface area contributed by atoms with Crippen LogP contribution in [0.3, 0.4) is 0 Å². The van der Waals surface area contributed by atoms with E-state index in [2.05, 4.69) is 48.2 Å². The van der Waals surface area contributed by atoms with Gasteiger partial charge in [0.25, 0.3) is 0 Å². The van der Waals surface area contributed by atoms with Crippen molar-refractivity contribution in [2.24, 2.45) is 4.99 Å². The minimum Gasteiger partial charge on any atom is -0.377 e. The fraction of sp³-hybridized carbons (Fsp3) is 0.615. The Morgan fingerprint density at radius 2 is 2.36 bits per heavy atom. The molecule has 124 valence electrons. The first kappa shape index (κ1) is 19.4. The van der Waals surface area contributed by atoms with Crippen LogP contribution in [-0.4, -0.2) is 47.5 Å². The second kappa shape index (κ2) is 9.46. The zero-order chi connectivity index (χ0) is 15.2. The van der Waals surface area contributed by atoms with Gasteiger partial charge < -0.3 is 15.4 Å². The molecule has 1 unspecified atom stereocenters. The molecule has 2 heterocycles. The minimum absolute atomic E-state index is 0. The Kier molecular flexibility index (Phi) is 8.33. The second-order valence-electron chi connectivity index (χ2n) is 4.88. The molecule has 22 heavy (non-hydrogen) atoms. The Hall–Kier alpha value is -0.680. The summed E-state index contributed by atoms with van der Waals surface area (Å²) in [6, 6.07) is 0.282. The quantitative estimate of drug-likeness (QED) is 0.375. The van der Waals surface area contributed by atoms with E-state index in [-0.39, 0.29) is 30.0 Å². The van der Waals surface area contributed by atoms with Gasteiger partial charge in [-0.25, -0.2) is 9.67 Å². The van der Waals surface area contributed by atoms with Crippen molar-refractivity contribution >= 4 is 45.9 Å². The number of aryl methyl sites for hydroxylation is 1. The van der Waals surface area contributed by atoms with Crippen molar-refractivity contribution in [3.63, 3.8) is 0 Å². The molecule has 1 atom stereocenters. The number of nitrogens with one attached hydrogen (secondary N) is 2. The van der Waals surface area contributed by atoms with Gasteiger partial charge in [-0.15, -0.1) is 24.0 Å². The maximum absolute atomic E-state index is 5.07. The highest BCUT2D eigenvalue weighted by atomic mass is 127. The Balaban J connectivity index is 0.00000242. The molecule has 1 aliphatic heterocycles. The van der Waals surface area contributed by atoms with E-state index in [4.69, 9.17) is 4.74 Å². The van der Waals surface area contributed by atoms with Crippen molar-refractivity contribution in [2.45, 2.75) is 32.0 Å². The lowest BCUT2D eigenvalue weighted by atomic mass is 10.1. The number of ether oxygens (including phenoxy) is 1. The highest BCUT2D eigenvalue weighted by Crippen LogP contribution is 2.13. The molecule has 9 heteroatoms. The van der Waals surface area contributed by atoms with Gasteiger partial charge in [0, 0.05) is 37.6 Å². The van der Waals surface area contributed by atoms with Crippen molar-refractivity contribution in [3.05, 3.63) is 22.7 Å². The van der Waals surface area contributed by atoms with Gasteiger partial charge in [0.2, 0.25) is 0 Å². The van der Waals surface area contributed by atoms with E-state index in [9.17, 15) is 0 Å². The van der Waals surface area contributed by atoms with Gasteiger partial charge in [0.15, 0.2) is 11.8 Å². The number of hydrogen-bond donors (Lipinski definition) is 2. The van der Waals surface area contributed by atoms with E-state index in [0.29, 0.717) is 13.2 Å². The lowest BCUT2D eigenvalue weighted by Gasteiger charge is -2.25. The van der Waals surface area contributed by atoms with Crippen LogP contribution in [0.5, 0.6) is 0 Å². The fourth-order valence-electron chi connectivity index (χ4n) is 2.24. The smallest absolute Gasteiger partial charge is 0.191 e. The largest absolute Gasteiger partial charge is 0.377 e. The van der Waals surface area contributed by atoms with Crippen LogP contribution < -0.4 is 10.6 Å². The van der Waals surface area contributed by atoms with Crippen LogP contribution in [0.2, 0.25) is 0 Å². The molecule has 0 bridgehead atoms.